The number of fused-ring (bicyclic) bond motifs is 1. The number of methoxy groups -OCH3 is 1. The number of nitrogens with zero attached hydrogens (tertiary/aromatic N) is 2. The van der Waals surface area contributed by atoms with Gasteiger partial charge < -0.3 is 18.9 Å². The lowest BCUT2D eigenvalue weighted by atomic mass is 10.0. The van der Waals surface area contributed by atoms with E-state index in [9.17, 15) is 4.79 Å². The molecule has 0 aliphatic rings. The minimum Gasteiger partial charge on any atom is -0.497 e. The predicted molar refractivity (Wildman–Crippen MR) is 133 cm³/mol. The Hall–Kier alpha value is -3.44. The molecule has 4 aromatic rings. The summed E-state index contributed by atoms with van der Waals surface area (Å²) in [5.41, 5.74) is 3.89. The third-order valence-corrected chi connectivity index (χ3v) is 6.18. The maximum absolute atomic E-state index is 12.7. The molecule has 1 aromatic heterocycles. The molecule has 0 fully saturated rings. The Balaban J connectivity index is 1.81. The minimum atomic E-state index is -0.357. The molecule has 1 amide bonds. The zero-order valence-corrected chi connectivity index (χ0v) is 19.8. The van der Waals surface area contributed by atoms with E-state index in [0.717, 1.165) is 38.4 Å². The van der Waals surface area contributed by atoms with Gasteiger partial charge in [0.1, 0.15) is 11.5 Å². The topological polar surface area (TPSA) is 43.7 Å². The number of ether oxygens (including phenoxy) is 2. The van der Waals surface area contributed by atoms with Crippen molar-refractivity contribution in [1.82, 2.24) is 9.47 Å². The molecule has 6 heteroatoms. The molecule has 170 valence electrons. The van der Waals surface area contributed by atoms with Crippen molar-refractivity contribution in [3.05, 3.63) is 83.5 Å². The third kappa shape index (κ3) is 4.69. The summed E-state index contributed by atoms with van der Waals surface area (Å²) in [5, 5.41) is 1.73. The standard InChI is InChI=1S/C27H27ClN2O3/c1-4-29(5-2)27(31)33-25-15-14-24-22(26(25)19-10-12-21(32-3)13-11-19)16-17-30(24)18-20-8-6-7-9-23(20)28/h6-17H,4-5,18H2,1-3H3. The average Bonchev–Trinajstić information content (AvgIpc) is 3.24. The fourth-order valence-corrected chi connectivity index (χ4v) is 4.18. The normalized spacial score (nSPS) is 10.9. The highest BCUT2D eigenvalue weighted by molar-refractivity contribution is 6.31. The number of rotatable bonds is 7. The van der Waals surface area contributed by atoms with Crippen LogP contribution >= 0.6 is 11.6 Å². The van der Waals surface area contributed by atoms with Gasteiger partial charge >= 0.3 is 6.09 Å². The lowest BCUT2D eigenvalue weighted by molar-refractivity contribution is 0.157. The molecule has 0 bridgehead atoms. The van der Waals surface area contributed by atoms with E-state index in [4.69, 9.17) is 21.1 Å². The van der Waals surface area contributed by atoms with E-state index in [1.807, 2.05) is 80.7 Å². The summed E-state index contributed by atoms with van der Waals surface area (Å²) in [4.78, 5) is 14.4. The lowest BCUT2D eigenvalue weighted by Crippen LogP contribution is -2.33. The largest absolute Gasteiger partial charge is 0.497 e. The molecule has 0 saturated heterocycles. The quantitative estimate of drug-likeness (QED) is 0.301. The second-order valence-corrected chi connectivity index (χ2v) is 8.08. The van der Waals surface area contributed by atoms with Crippen LogP contribution in [0.4, 0.5) is 4.79 Å². The second kappa shape index (κ2) is 10.0. The van der Waals surface area contributed by atoms with Gasteiger partial charge in [-0.3, -0.25) is 0 Å². The van der Waals surface area contributed by atoms with Gasteiger partial charge in [-0.25, -0.2) is 4.79 Å². The van der Waals surface area contributed by atoms with Crippen molar-refractivity contribution in [2.75, 3.05) is 20.2 Å². The maximum atomic E-state index is 12.7. The smallest absolute Gasteiger partial charge is 0.415 e. The van der Waals surface area contributed by atoms with E-state index < -0.39 is 0 Å². The molecule has 0 radical (unpaired) electrons. The molecule has 0 saturated carbocycles. The molecule has 33 heavy (non-hydrogen) atoms. The zero-order chi connectivity index (χ0) is 23.4. The predicted octanol–water partition coefficient (Wildman–Crippen LogP) is 6.86. The van der Waals surface area contributed by atoms with Crippen molar-refractivity contribution in [1.29, 1.82) is 0 Å². The first-order valence-electron chi connectivity index (χ1n) is 11.0. The van der Waals surface area contributed by atoms with Gasteiger partial charge in [0.2, 0.25) is 0 Å². The average molecular weight is 463 g/mol. The molecule has 0 aliphatic heterocycles. The molecule has 0 atom stereocenters. The van der Waals surface area contributed by atoms with Crippen molar-refractivity contribution in [3.63, 3.8) is 0 Å². The Labute approximate surface area is 199 Å². The molecule has 0 N–H and O–H groups in total. The van der Waals surface area contributed by atoms with Crippen molar-refractivity contribution in [2.45, 2.75) is 20.4 Å². The molecular formula is C27H27ClN2O3. The maximum Gasteiger partial charge on any atom is 0.415 e. The number of amides is 1. The number of halogens is 1. The van der Waals surface area contributed by atoms with Crippen molar-refractivity contribution in [3.8, 4) is 22.6 Å². The van der Waals surface area contributed by atoms with Gasteiger partial charge in [-0.2, -0.15) is 0 Å². The minimum absolute atomic E-state index is 0.357. The van der Waals surface area contributed by atoms with Crippen LogP contribution in [0.2, 0.25) is 5.02 Å². The van der Waals surface area contributed by atoms with Gasteiger partial charge in [-0.1, -0.05) is 41.9 Å². The van der Waals surface area contributed by atoms with Crippen LogP contribution in [-0.2, 0) is 6.54 Å². The van der Waals surface area contributed by atoms with Gasteiger partial charge in [-0.15, -0.1) is 0 Å². The van der Waals surface area contributed by atoms with E-state index in [1.165, 1.54) is 0 Å². The van der Waals surface area contributed by atoms with Crippen LogP contribution in [0.1, 0.15) is 19.4 Å². The summed E-state index contributed by atoms with van der Waals surface area (Å²) in [6.07, 6.45) is 1.68. The highest BCUT2D eigenvalue weighted by Crippen LogP contribution is 2.39. The van der Waals surface area contributed by atoms with E-state index in [2.05, 4.69) is 10.6 Å². The first kappa shape index (κ1) is 22.7. The van der Waals surface area contributed by atoms with Crippen LogP contribution < -0.4 is 9.47 Å². The Morgan fingerprint density at radius 1 is 0.970 bits per heavy atom. The summed E-state index contributed by atoms with van der Waals surface area (Å²) in [5.74, 6) is 1.30. The number of carbonyl (C=O) groups is 1. The Morgan fingerprint density at radius 2 is 1.70 bits per heavy atom. The van der Waals surface area contributed by atoms with E-state index in [0.29, 0.717) is 25.4 Å². The van der Waals surface area contributed by atoms with Crippen molar-refractivity contribution in [2.24, 2.45) is 0 Å². The summed E-state index contributed by atoms with van der Waals surface area (Å²) in [6.45, 7) is 5.69. The van der Waals surface area contributed by atoms with Crippen LogP contribution in [0.25, 0.3) is 22.0 Å². The molecule has 4 rings (SSSR count). The Kier molecular flexibility index (Phi) is 6.90. The third-order valence-electron chi connectivity index (χ3n) is 5.81. The molecule has 0 unspecified atom stereocenters. The summed E-state index contributed by atoms with van der Waals surface area (Å²) >= 11 is 6.40. The lowest BCUT2D eigenvalue weighted by Gasteiger charge is -2.20. The number of hydrogen-bond donors (Lipinski definition) is 0. The molecule has 3 aromatic carbocycles. The molecule has 1 heterocycles. The number of aromatic nitrogens is 1. The molecular weight excluding hydrogens is 436 g/mol. The van der Waals surface area contributed by atoms with E-state index in [-0.39, 0.29) is 6.09 Å². The SMILES string of the molecule is CCN(CC)C(=O)Oc1ccc2c(ccn2Cc2ccccc2Cl)c1-c1ccc(OC)cc1. The number of hydrogen-bond acceptors (Lipinski definition) is 3. The molecule has 5 nitrogen and oxygen atoms in total. The van der Waals surface area contributed by atoms with Crippen LogP contribution in [0.3, 0.4) is 0 Å². The monoisotopic (exact) mass is 462 g/mol. The van der Waals surface area contributed by atoms with Crippen molar-refractivity contribution < 1.29 is 14.3 Å². The first-order valence-corrected chi connectivity index (χ1v) is 11.4. The Morgan fingerprint density at radius 3 is 2.36 bits per heavy atom. The van der Waals surface area contributed by atoms with Crippen LogP contribution in [-0.4, -0.2) is 35.8 Å². The van der Waals surface area contributed by atoms with Gasteiger partial charge in [0.15, 0.2) is 0 Å². The van der Waals surface area contributed by atoms with Gasteiger partial charge in [0, 0.05) is 47.3 Å². The second-order valence-electron chi connectivity index (χ2n) is 7.68. The van der Waals surface area contributed by atoms with E-state index >= 15 is 0 Å². The number of benzene rings is 3. The fourth-order valence-electron chi connectivity index (χ4n) is 3.98. The molecule has 0 aliphatic carbocycles. The fraction of sp³-hybridized carbons (Fsp3) is 0.222. The van der Waals surface area contributed by atoms with Crippen LogP contribution in [0.5, 0.6) is 11.5 Å². The highest BCUT2D eigenvalue weighted by atomic mass is 35.5. The van der Waals surface area contributed by atoms with E-state index in [1.54, 1.807) is 12.0 Å². The van der Waals surface area contributed by atoms with Gasteiger partial charge in [-0.05, 0) is 61.4 Å². The summed E-state index contributed by atoms with van der Waals surface area (Å²) < 4.78 is 13.4. The summed E-state index contributed by atoms with van der Waals surface area (Å²) in [7, 11) is 1.64. The van der Waals surface area contributed by atoms with Crippen molar-refractivity contribution >= 4 is 28.6 Å². The highest BCUT2D eigenvalue weighted by Gasteiger charge is 2.19. The van der Waals surface area contributed by atoms with Gasteiger partial charge in [0.05, 0.1) is 7.11 Å². The van der Waals surface area contributed by atoms with Gasteiger partial charge in [0.25, 0.3) is 0 Å². The Bertz CT molecular complexity index is 1260. The van der Waals surface area contributed by atoms with Crippen LogP contribution in [0, 0.1) is 0 Å². The first-order chi connectivity index (χ1) is 16.0. The molecule has 0 spiro atoms. The van der Waals surface area contributed by atoms with Crippen LogP contribution in [0.15, 0.2) is 72.9 Å². The number of carbonyl (C=O) groups excluding carboxylic acids is 1. The summed E-state index contributed by atoms with van der Waals surface area (Å²) in [6, 6.07) is 21.5. The zero-order valence-electron chi connectivity index (χ0n) is 19.0.